The molecule has 0 spiro atoms. The van der Waals surface area contributed by atoms with E-state index in [1.54, 1.807) is 11.8 Å². The van der Waals surface area contributed by atoms with Crippen molar-refractivity contribution in [2.45, 2.75) is 26.2 Å². The Labute approximate surface area is 119 Å². The number of carbonyl (C=O) groups excluding carboxylic acids is 2. The lowest BCUT2D eigenvalue weighted by Gasteiger charge is -2.30. The normalized spacial score (nSPS) is 15.9. The maximum absolute atomic E-state index is 11.9. The highest BCUT2D eigenvalue weighted by Gasteiger charge is 2.26. The van der Waals surface area contributed by atoms with Gasteiger partial charge in [0.15, 0.2) is 0 Å². The summed E-state index contributed by atoms with van der Waals surface area (Å²) in [7, 11) is 0. The van der Waals surface area contributed by atoms with E-state index in [0.717, 1.165) is 6.42 Å². The number of rotatable bonds is 4. The molecule has 2 rings (SSSR count). The van der Waals surface area contributed by atoms with Crippen LogP contribution < -0.4 is 0 Å². The van der Waals surface area contributed by atoms with Gasteiger partial charge in [-0.1, -0.05) is 30.3 Å². The lowest BCUT2D eigenvalue weighted by atomic mass is 9.97. The number of carbonyl (C=O) groups is 2. The summed E-state index contributed by atoms with van der Waals surface area (Å²) < 4.78 is 5.34. The third-order valence-electron chi connectivity index (χ3n) is 3.75. The quantitative estimate of drug-likeness (QED) is 0.790. The molecule has 1 fully saturated rings. The van der Waals surface area contributed by atoms with Gasteiger partial charge in [-0.3, -0.25) is 9.59 Å². The van der Waals surface area contributed by atoms with Crippen LogP contribution >= 0.6 is 0 Å². The van der Waals surface area contributed by atoms with Gasteiger partial charge in [-0.25, -0.2) is 0 Å². The molecule has 1 aliphatic heterocycles. The molecule has 0 N–H and O–H groups in total. The summed E-state index contributed by atoms with van der Waals surface area (Å²) in [5, 5.41) is 0. The average Bonchev–Trinajstić information content (AvgIpc) is 2.48. The molecule has 0 aliphatic carbocycles. The SMILES string of the molecule is CC(=O)N1CCC(C(=O)OCCc2ccccc2)CC1. The molecule has 0 aromatic heterocycles. The number of nitrogens with zero attached hydrogens (tertiary/aromatic N) is 1. The number of benzene rings is 1. The number of hydrogen-bond acceptors (Lipinski definition) is 3. The second kappa shape index (κ2) is 7.08. The van der Waals surface area contributed by atoms with Gasteiger partial charge in [0.2, 0.25) is 5.91 Å². The van der Waals surface area contributed by atoms with Crippen LogP contribution in [0.5, 0.6) is 0 Å². The Morgan fingerprint density at radius 3 is 2.45 bits per heavy atom. The maximum Gasteiger partial charge on any atom is 0.309 e. The summed E-state index contributed by atoms with van der Waals surface area (Å²) in [5.41, 5.74) is 1.17. The number of esters is 1. The summed E-state index contributed by atoms with van der Waals surface area (Å²) in [6, 6.07) is 9.99. The largest absolute Gasteiger partial charge is 0.465 e. The molecule has 0 atom stereocenters. The van der Waals surface area contributed by atoms with E-state index < -0.39 is 0 Å². The van der Waals surface area contributed by atoms with Gasteiger partial charge in [-0.05, 0) is 18.4 Å². The molecule has 108 valence electrons. The monoisotopic (exact) mass is 275 g/mol. The lowest BCUT2D eigenvalue weighted by Crippen LogP contribution is -2.39. The molecule has 0 bridgehead atoms. The van der Waals surface area contributed by atoms with E-state index in [2.05, 4.69) is 0 Å². The minimum atomic E-state index is -0.121. The molecule has 1 aromatic rings. The van der Waals surface area contributed by atoms with Gasteiger partial charge in [0.1, 0.15) is 0 Å². The molecule has 1 amide bonds. The molecule has 1 aromatic carbocycles. The zero-order valence-electron chi connectivity index (χ0n) is 11.9. The van der Waals surface area contributed by atoms with Crippen molar-refractivity contribution in [2.75, 3.05) is 19.7 Å². The zero-order chi connectivity index (χ0) is 14.4. The van der Waals surface area contributed by atoms with Crippen LogP contribution in [0.4, 0.5) is 0 Å². The molecule has 0 radical (unpaired) electrons. The van der Waals surface area contributed by atoms with Crippen molar-refractivity contribution in [2.24, 2.45) is 5.92 Å². The van der Waals surface area contributed by atoms with Gasteiger partial charge in [-0.2, -0.15) is 0 Å². The van der Waals surface area contributed by atoms with E-state index in [-0.39, 0.29) is 17.8 Å². The third-order valence-corrected chi connectivity index (χ3v) is 3.75. The Morgan fingerprint density at radius 2 is 1.85 bits per heavy atom. The minimum absolute atomic E-state index is 0.0543. The molecular weight excluding hydrogens is 254 g/mol. The summed E-state index contributed by atoms with van der Waals surface area (Å²) in [6.45, 7) is 3.32. The number of likely N-dealkylation sites (tertiary alicyclic amines) is 1. The first-order valence-corrected chi connectivity index (χ1v) is 7.13. The average molecular weight is 275 g/mol. The van der Waals surface area contributed by atoms with Crippen molar-refractivity contribution in [3.63, 3.8) is 0 Å². The molecule has 4 nitrogen and oxygen atoms in total. The smallest absolute Gasteiger partial charge is 0.309 e. The fraction of sp³-hybridized carbons (Fsp3) is 0.500. The molecular formula is C16H21NO3. The second-order valence-electron chi connectivity index (χ2n) is 5.18. The van der Waals surface area contributed by atoms with Crippen LogP contribution in [0.15, 0.2) is 30.3 Å². The van der Waals surface area contributed by atoms with Crippen molar-refractivity contribution in [1.82, 2.24) is 4.90 Å². The zero-order valence-corrected chi connectivity index (χ0v) is 11.9. The number of piperidine rings is 1. The molecule has 0 saturated carbocycles. The van der Waals surface area contributed by atoms with Gasteiger partial charge < -0.3 is 9.64 Å². The van der Waals surface area contributed by atoms with Gasteiger partial charge in [0.05, 0.1) is 12.5 Å². The van der Waals surface area contributed by atoms with Crippen LogP contribution in [-0.4, -0.2) is 36.5 Å². The Morgan fingerprint density at radius 1 is 1.20 bits per heavy atom. The highest BCUT2D eigenvalue weighted by Crippen LogP contribution is 2.18. The van der Waals surface area contributed by atoms with Crippen LogP contribution in [-0.2, 0) is 20.7 Å². The van der Waals surface area contributed by atoms with Crippen LogP contribution in [0.1, 0.15) is 25.3 Å². The first kappa shape index (κ1) is 14.6. The summed E-state index contributed by atoms with van der Waals surface area (Å²) >= 11 is 0. The topological polar surface area (TPSA) is 46.6 Å². The van der Waals surface area contributed by atoms with Crippen LogP contribution in [0.3, 0.4) is 0 Å². The Bertz CT molecular complexity index is 450. The fourth-order valence-electron chi connectivity index (χ4n) is 2.46. The number of ether oxygens (including phenoxy) is 1. The highest BCUT2D eigenvalue weighted by atomic mass is 16.5. The van der Waals surface area contributed by atoms with E-state index >= 15 is 0 Å². The van der Waals surface area contributed by atoms with Gasteiger partial charge in [0, 0.05) is 26.4 Å². The van der Waals surface area contributed by atoms with E-state index in [9.17, 15) is 9.59 Å². The van der Waals surface area contributed by atoms with E-state index in [4.69, 9.17) is 4.74 Å². The molecule has 20 heavy (non-hydrogen) atoms. The lowest BCUT2D eigenvalue weighted by molar-refractivity contribution is -0.151. The molecule has 0 unspecified atom stereocenters. The number of amides is 1. The number of hydrogen-bond donors (Lipinski definition) is 0. The van der Waals surface area contributed by atoms with Crippen molar-refractivity contribution >= 4 is 11.9 Å². The first-order valence-electron chi connectivity index (χ1n) is 7.13. The van der Waals surface area contributed by atoms with E-state index in [1.807, 2.05) is 30.3 Å². The van der Waals surface area contributed by atoms with E-state index in [0.29, 0.717) is 32.5 Å². The third kappa shape index (κ3) is 4.08. The standard InChI is InChI=1S/C16H21NO3/c1-13(18)17-10-7-15(8-11-17)16(19)20-12-9-14-5-3-2-4-6-14/h2-6,15H,7-12H2,1H3. The Kier molecular flexibility index (Phi) is 5.16. The fourth-order valence-corrected chi connectivity index (χ4v) is 2.46. The molecule has 1 saturated heterocycles. The van der Waals surface area contributed by atoms with Crippen molar-refractivity contribution in [3.05, 3.63) is 35.9 Å². The second-order valence-corrected chi connectivity index (χ2v) is 5.18. The van der Waals surface area contributed by atoms with Crippen molar-refractivity contribution < 1.29 is 14.3 Å². The molecule has 1 aliphatic rings. The highest BCUT2D eigenvalue weighted by molar-refractivity contribution is 5.75. The van der Waals surface area contributed by atoms with E-state index in [1.165, 1.54) is 5.56 Å². The summed E-state index contributed by atoms with van der Waals surface area (Å²) in [6.07, 6.45) is 2.17. The maximum atomic E-state index is 11.9. The first-order chi connectivity index (χ1) is 9.66. The van der Waals surface area contributed by atoms with Crippen LogP contribution in [0.2, 0.25) is 0 Å². The summed E-state index contributed by atoms with van der Waals surface area (Å²) in [5.74, 6) is -0.0913. The molecule has 4 heteroatoms. The van der Waals surface area contributed by atoms with Gasteiger partial charge in [-0.15, -0.1) is 0 Å². The van der Waals surface area contributed by atoms with Crippen molar-refractivity contribution in [3.8, 4) is 0 Å². The van der Waals surface area contributed by atoms with Crippen LogP contribution in [0.25, 0.3) is 0 Å². The minimum Gasteiger partial charge on any atom is -0.465 e. The van der Waals surface area contributed by atoms with Crippen LogP contribution in [0, 0.1) is 5.92 Å². The Hall–Kier alpha value is -1.84. The molecule has 1 heterocycles. The summed E-state index contributed by atoms with van der Waals surface area (Å²) in [4.78, 5) is 24.9. The predicted octanol–water partition coefficient (Wildman–Crippen LogP) is 2.03. The van der Waals surface area contributed by atoms with Crippen molar-refractivity contribution in [1.29, 1.82) is 0 Å². The van der Waals surface area contributed by atoms with Gasteiger partial charge >= 0.3 is 5.97 Å². The Balaban J connectivity index is 1.69. The van der Waals surface area contributed by atoms with Gasteiger partial charge in [0.25, 0.3) is 0 Å². The predicted molar refractivity (Wildman–Crippen MR) is 76.1 cm³/mol.